The molecule has 5 nitrogen and oxygen atoms in total. The number of hydrogen-bond donors (Lipinski definition) is 0. The smallest absolute Gasteiger partial charge is 0.171 e. The second kappa shape index (κ2) is 5.26. The van der Waals surface area contributed by atoms with Crippen LogP contribution in [0, 0.1) is 0 Å². The van der Waals surface area contributed by atoms with E-state index in [1.54, 1.807) is 21.3 Å². The molecule has 2 aliphatic heterocycles. The van der Waals surface area contributed by atoms with Crippen LogP contribution in [0.5, 0.6) is 28.7 Å². The number of rotatable bonds is 3. The van der Waals surface area contributed by atoms with Gasteiger partial charge < -0.3 is 23.7 Å². The Morgan fingerprint density at radius 3 is 2.57 bits per heavy atom. The number of fused-ring (bicyclic) bond motifs is 5. The van der Waals surface area contributed by atoms with Gasteiger partial charge in [0.2, 0.25) is 0 Å². The lowest BCUT2D eigenvalue weighted by molar-refractivity contribution is 0.134. The molecule has 0 aliphatic carbocycles. The maximum atomic E-state index is 6.23. The van der Waals surface area contributed by atoms with Crippen LogP contribution in [0.3, 0.4) is 0 Å². The predicted octanol–water partition coefficient (Wildman–Crippen LogP) is 3.32. The lowest BCUT2D eigenvalue weighted by atomic mass is 9.88. The first-order chi connectivity index (χ1) is 11.3. The summed E-state index contributed by atoms with van der Waals surface area (Å²) in [6.45, 7) is 0.576. The van der Waals surface area contributed by atoms with Gasteiger partial charge in [0.1, 0.15) is 23.4 Å². The molecule has 2 aromatic rings. The van der Waals surface area contributed by atoms with E-state index in [9.17, 15) is 0 Å². The van der Waals surface area contributed by atoms with Gasteiger partial charge in [-0.2, -0.15) is 0 Å². The lowest BCUT2D eigenvalue weighted by Crippen LogP contribution is -2.24. The molecule has 0 amide bonds. The zero-order valence-corrected chi connectivity index (χ0v) is 13.3. The van der Waals surface area contributed by atoms with Crippen LogP contribution in [0.1, 0.15) is 23.1 Å². The van der Waals surface area contributed by atoms with Crippen molar-refractivity contribution in [3.05, 3.63) is 41.5 Å². The molecule has 23 heavy (non-hydrogen) atoms. The van der Waals surface area contributed by atoms with E-state index in [-0.39, 0.29) is 12.0 Å². The largest absolute Gasteiger partial charge is 0.497 e. The van der Waals surface area contributed by atoms with E-state index in [0.29, 0.717) is 18.1 Å². The third-order valence-electron chi connectivity index (χ3n) is 4.49. The molecule has 0 spiro atoms. The van der Waals surface area contributed by atoms with Crippen LogP contribution < -0.4 is 23.7 Å². The van der Waals surface area contributed by atoms with Crippen molar-refractivity contribution in [2.45, 2.75) is 12.0 Å². The van der Waals surface area contributed by atoms with Gasteiger partial charge in [0, 0.05) is 11.6 Å². The molecule has 0 saturated heterocycles. The third-order valence-corrected chi connectivity index (χ3v) is 4.49. The van der Waals surface area contributed by atoms with Crippen molar-refractivity contribution in [1.29, 1.82) is 0 Å². The molecule has 120 valence electrons. The van der Waals surface area contributed by atoms with E-state index in [0.717, 1.165) is 28.4 Å². The van der Waals surface area contributed by atoms with Crippen LogP contribution in [0.4, 0.5) is 0 Å². The fourth-order valence-electron chi connectivity index (χ4n) is 3.38. The van der Waals surface area contributed by atoms with E-state index in [4.69, 9.17) is 23.7 Å². The van der Waals surface area contributed by atoms with E-state index >= 15 is 0 Å². The minimum Gasteiger partial charge on any atom is -0.497 e. The average Bonchev–Trinajstić information content (AvgIpc) is 2.98. The summed E-state index contributed by atoms with van der Waals surface area (Å²) in [5.41, 5.74) is 2.03. The zero-order chi connectivity index (χ0) is 16.0. The van der Waals surface area contributed by atoms with Crippen LogP contribution in [0.25, 0.3) is 0 Å². The summed E-state index contributed by atoms with van der Waals surface area (Å²) in [6.07, 6.45) is -0.147. The Hall–Kier alpha value is -2.56. The van der Waals surface area contributed by atoms with Crippen molar-refractivity contribution >= 4 is 0 Å². The SMILES string of the molecule is COc1ccc2c(c1)O[C@@H]1c3c(ccc(OC)c3OC)OC[C@H]21. The number of benzene rings is 2. The molecule has 4 rings (SSSR count). The first-order valence-electron chi connectivity index (χ1n) is 7.49. The van der Waals surface area contributed by atoms with Crippen LogP contribution in [-0.2, 0) is 0 Å². The zero-order valence-electron chi connectivity index (χ0n) is 13.3. The minimum atomic E-state index is -0.147. The van der Waals surface area contributed by atoms with Crippen molar-refractivity contribution in [2.24, 2.45) is 0 Å². The van der Waals surface area contributed by atoms with Gasteiger partial charge in [0.15, 0.2) is 11.5 Å². The van der Waals surface area contributed by atoms with Crippen LogP contribution in [-0.4, -0.2) is 27.9 Å². The summed E-state index contributed by atoms with van der Waals surface area (Å²) in [6, 6.07) is 9.66. The van der Waals surface area contributed by atoms with Gasteiger partial charge in [-0.25, -0.2) is 0 Å². The fourth-order valence-corrected chi connectivity index (χ4v) is 3.38. The molecule has 0 aromatic heterocycles. The van der Waals surface area contributed by atoms with Crippen molar-refractivity contribution < 1.29 is 23.7 Å². The Morgan fingerprint density at radius 2 is 1.83 bits per heavy atom. The second-order valence-corrected chi connectivity index (χ2v) is 5.57. The minimum absolute atomic E-state index is 0.129. The van der Waals surface area contributed by atoms with Crippen molar-refractivity contribution in [2.75, 3.05) is 27.9 Å². The molecule has 0 fully saturated rings. The van der Waals surface area contributed by atoms with Gasteiger partial charge in [-0.05, 0) is 18.2 Å². The second-order valence-electron chi connectivity index (χ2n) is 5.57. The molecule has 0 radical (unpaired) electrons. The lowest BCUT2D eigenvalue weighted by Gasteiger charge is -2.29. The Balaban J connectivity index is 1.83. The molecular weight excluding hydrogens is 296 g/mol. The molecule has 0 saturated carbocycles. The highest BCUT2D eigenvalue weighted by atomic mass is 16.5. The maximum absolute atomic E-state index is 6.23. The van der Waals surface area contributed by atoms with Gasteiger partial charge >= 0.3 is 0 Å². The summed E-state index contributed by atoms with van der Waals surface area (Å²) >= 11 is 0. The number of ether oxygens (including phenoxy) is 5. The first-order valence-corrected chi connectivity index (χ1v) is 7.49. The van der Waals surface area contributed by atoms with Crippen molar-refractivity contribution in [3.8, 4) is 28.7 Å². The molecule has 5 heteroatoms. The van der Waals surface area contributed by atoms with E-state index in [2.05, 4.69) is 0 Å². The van der Waals surface area contributed by atoms with Crippen molar-refractivity contribution in [3.63, 3.8) is 0 Å². The molecule has 2 atom stereocenters. The molecule has 0 unspecified atom stereocenters. The molecular formula is C18H18O5. The fraction of sp³-hybridized carbons (Fsp3) is 0.333. The summed E-state index contributed by atoms with van der Waals surface area (Å²) in [5, 5.41) is 0. The van der Waals surface area contributed by atoms with Gasteiger partial charge in [0.05, 0.1) is 39.4 Å². The highest BCUT2D eigenvalue weighted by Gasteiger charge is 2.43. The Bertz CT molecular complexity index is 755. The van der Waals surface area contributed by atoms with Crippen LogP contribution >= 0.6 is 0 Å². The van der Waals surface area contributed by atoms with E-state index < -0.39 is 0 Å². The summed E-state index contributed by atoms with van der Waals surface area (Å²) in [7, 11) is 4.91. The maximum Gasteiger partial charge on any atom is 0.171 e. The topological polar surface area (TPSA) is 46.2 Å². The Labute approximate surface area is 134 Å². The average molecular weight is 314 g/mol. The van der Waals surface area contributed by atoms with Gasteiger partial charge in [-0.15, -0.1) is 0 Å². The predicted molar refractivity (Wildman–Crippen MR) is 84.1 cm³/mol. The third kappa shape index (κ3) is 2.00. The van der Waals surface area contributed by atoms with Gasteiger partial charge in [-0.3, -0.25) is 0 Å². The molecule has 2 aromatic carbocycles. The first kappa shape index (κ1) is 14.1. The van der Waals surface area contributed by atoms with E-state index in [1.165, 1.54) is 0 Å². The molecule has 0 bridgehead atoms. The van der Waals surface area contributed by atoms with Crippen LogP contribution in [0.15, 0.2) is 30.3 Å². The summed E-state index contributed by atoms with van der Waals surface area (Å²) in [5.74, 6) is 3.86. The van der Waals surface area contributed by atoms with Crippen molar-refractivity contribution in [1.82, 2.24) is 0 Å². The quantitative estimate of drug-likeness (QED) is 0.869. The van der Waals surface area contributed by atoms with E-state index in [1.807, 2.05) is 30.3 Å². The highest BCUT2D eigenvalue weighted by molar-refractivity contribution is 5.59. The standard InChI is InChI=1S/C18H18O5/c1-19-10-4-5-11-12-9-22-13-6-7-14(20-2)18(21-3)16(13)17(12)23-15(11)8-10/h4-8,12,17H,9H2,1-3H3/t12-,17+/m1/s1. The molecule has 0 N–H and O–H groups in total. The molecule has 2 aliphatic rings. The van der Waals surface area contributed by atoms with Gasteiger partial charge in [-0.1, -0.05) is 6.07 Å². The normalized spacial score (nSPS) is 20.5. The van der Waals surface area contributed by atoms with Gasteiger partial charge in [0.25, 0.3) is 0 Å². The summed E-state index contributed by atoms with van der Waals surface area (Å²) in [4.78, 5) is 0. The Kier molecular flexibility index (Phi) is 3.22. The number of hydrogen-bond acceptors (Lipinski definition) is 5. The number of methoxy groups -OCH3 is 3. The Morgan fingerprint density at radius 1 is 0.957 bits per heavy atom. The molecule has 2 heterocycles. The van der Waals surface area contributed by atoms with Crippen LogP contribution in [0.2, 0.25) is 0 Å². The summed E-state index contributed by atoms with van der Waals surface area (Å²) < 4.78 is 28.4. The monoisotopic (exact) mass is 314 g/mol. The highest BCUT2D eigenvalue weighted by Crippen LogP contribution is 2.55.